The molecule has 0 spiro atoms. The predicted octanol–water partition coefficient (Wildman–Crippen LogP) is 0.739. The second-order valence-electron chi connectivity index (χ2n) is 5.74. The Balaban J connectivity index is 2.13. The van der Waals surface area contributed by atoms with Crippen LogP contribution in [0.3, 0.4) is 0 Å². The van der Waals surface area contributed by atoms with Gasteiger partial charge in [-0.15, -0.1) is 0 Å². The Morgan fingerprint density at radius 3 is 2.75 bits per heavy atom. The highest BCUT2D eigenvalue weighted by Gasteiger charge is 2.51. The van der Waals surface area contributed by atoms with Crippen molar-refractivity contribution in [3.05, 3.63) is 0 Å². The molecule has 0 saturated carbocycles. The molecule has 2 rings (SSSR count). The molecule has 2 fully saturated rings. The topological polar surface area (TPSA) is 92.9 Å². The predicted molar refractivity (Wildman–Crippen MR) is 73.2 cm³/mol. The molecule has 3 N–H and O–H groups in total. The second kappa shape index (κ2) is 6.10. The maximum Gasteiger partial charge on any atom is 0.329 e. The number of likely N-dealkylation sites (tertiary alicyclic amines) is 1. The van der Waals surface area contributed by atoms with Crippen LogP contribution in [-0.4, -0.2) is 52.7 Å². The number of amides is 1. The van der Waals surface area contributed by atoms with Gasteiger partial charge in [-0.3, -0.25) is 4.79 Å². The van der Waals surface area contributed by atoms with Crippen LogP contribution in [0.1, 0.15) is 45.4 Å². The van der Waals surface area contributed by atoms with E-state index in [4.69, 9.17) is 10.5 Å². The Bertz CT molecular complexity index is 387. The first kappa shape index (κ1) is 15.3. The van der Waals surface area contributed by atoms with Crippen molar-refractivity contribution < 1.29 is 19.4 Å². The molecule has 6 heteroatoms. The number of rotatable bonds is 5. The lowest BCUT2D eigenvalue weighted by Crippen LogP contribution is -2.55. The van der Waals surface area contributed by atoms with Gasteiger partial charge in [-0.1, -0.05) is 13.3 Å². The number of carboxylic acids is 1. The summed E-state index contributed by atoms with van der Waals surface area (Å²) in [6.07, 6.45) is 3.34. The van der Waals surface area contributed by atoms with E-state index in [1.165, 1.54) is 0 Å². The molecule has 114 valence electrons. The van der Waals surface area contributed by atoms with E-state index in [-0.39, 0.29) is 12.0 Å². The zero-order valence-corrected chi connectivity index (χ0v) is 12.0. The molecule has 6 nitrogen and oxygen atoms in total. The molecular weight excluding hydrogens is 260 g/mol. The third-order valence-electron chi connectivity index (χ3n) is 4.46. The quantitative estimate of drug-likeness (QED) is 0.776. The van der Waals surface area contributed by atoms with Crippen molar-refractivity contribution in [2.45, 2.75) is 63.2 Å². The van der Waals surface area contributed by atoms with Gasteiger partial charge in [0.2, 0.25) is 0 Å². The molecule has 0 bridgehead atoms. The molecule has 20 heavy (non-hydrogen) atoms. The molecule has 3 atom stereocenters. The lowest BCUT2D eigenvalue weighted by Gasteiger charge is -2.36. The minimum atomic E-state index is -1.03. The summed E-state index contributed by atoms with van der Waals surface area (Å²) in [4.78, 5) is 25.9. The molecule has 0 aromatic carbocycles. The van der Waals surface area contributed by atoms with E-state index in [0.29, 0.717) is 32.4 Å². The number of nitrogens with zero attached hydrogens (tertiary/aromatic N) is 1. The number of carbonyl (C=O) groups is 2. The Morgan fingerprint density at radius 1 is 1.45 bits per heavy atom. The Morgan fingerprint density at radius 2 is 2.20 bits per heavy atom. The van der Waals surface area contributed by atoms with Gasteiger partial charge < -0.3 is 20.5 Å². The fourth-order valence-corrected chi connectivity index (χ4v) is 3.44. The monoisotopic (exact) mass is 284 g/mol. The minimum Gasteiger partial charge on any atom is -0.479 e. The number of aliphatic carboxylic acids is 1. The van der Waals surface area contributed by atoms with Crippen LogP contribution in [-0.2, 0) is 14.3 Å². The molecular formula is C14H24N2O4. The lowest BCUT2D eigenvalue weighted by atomic mass is 9.90. The summed E-state index contributed by atoms with van der Waals surface area (Å²) in [5, 5.41) is 9.60. The smallest absolute Gasteiger partial charge is 0.329 e. The van der Waals surface area contributed by atoms with Gasteiger partial charge in [-0.25, -0.2) is 4.79 Å². The number of hydrogen-bond acceptors (Lipinski definition) is 4. The number of nitrogens with two attached hydrogens (primary N) is 1. The summed E-state index contributed by atoms with van der Waals surface area (Å²) < 4.78 is 5.63. The van der Waals surface area contributed by atoms with Gasteiger partial charge in [0.05, 0.1) is 6.10 Å². The van der Waals surface area contributed by atoms with E-state index in [1.54, 1.807) is 4.90 Å². The van der Waals surface area contributed by atoms with Crippen molar-refractivity contribution >= 4 is 11.9 Å². The largest absolute Gasteiger partial charge is 0.479 e. The van der Waals surface area contributed by atoms with Gasteiger partial charge in [0.25, 0.3) is 5.91 Å². The molecule has 2 saturated heterocycles. The van der Waals surface area contributed by atoms with Crippen LogP contribution in [0.25, 0.3) is 0 Å². The minimum absolute atomic E-state index is 0.0723. The van der Waals surface area contributed by atoms with Crippen LogP contribution in [0.5, 0.6) is 0 Å². The van der Waals surface area contributed by atoms with Crippen molar-refractivity contribution in [1.29, 1.82) is 0 Å². The van der Waals surface area contributed by atoms with E-state index in [0.717, 1.165) is 19.3 Å². The molecule has 2 aliphatic heterocycles. The average Bonchev–Trinajstić information content (AvgIpc) is 3.05. The summed E-state index contributed by atoms with van der Waals surface area (Å²) in [5.74, 6) is -1.06. The van der Waals surface area contributed by atoms with Crippen LogP contribution in [0.4, 0.5) is 0 Å². The van der Waals surface area contributed by atoms with Crippen molar-refractivity contribution in [2.24, 2.45) is 5.73 Å². The molecule has 3 unspecified atom stereocenters. The van der Waals surface area contributed by atoms with Gasteiger partial charge in [-0.05, 0) is 32.1 Å². The summed E-state index contributed by atoms with van der Waals surface area (Å²) in [6.45, 7) is 2.86. The van der Waals surface area contributed by atoms with Gasteiger partial charge >= 0.3 is 5.97 Å². The number of ether oxygens (including phenoxy) is 1. The van der Waals surface area contributed by atoms with Crippen molar-refractivity contribution in [2.75, 3.05) is 13.1 Å². The van der Waals surface area contributed by atoms with Crippen LogP contribution >= 0.6 is 0 Å². The maximum absolute atomic E-state index is 12.6. The van der Waals surface area contributed by atoms with Crippen LogP contribution in [0, 0.1) is 0 Å². The van der Waals surface area contributed by atoms with Crippen molar-refractivity contribution in [1.82, 2.24) is 4.90 Å². The van der Waals surface area contributed by atoms with Crippen molar-refractivity contribution in [3.63, 3.8) is 0 Å². The fourth-order valence-electron chi connectivity index (χ4n) is 3.44. The fraction of sp³-hybridized carbons (Fsp3) is 0.857. The van der Waals surface area contributed by atoms with E-state index >= 15 is 0 Å². The first-order chi connectivity index (χ1) is 9.55. The van der Waals surface area contributed by atoms with E-state index in [9.17, 15) is 14.7 Å². The van der Waals surface area contributed by atoms with Gasteiger partial charge in [0, 0.05) is 13.1 Å². The summed E-state index contributed by atoms with van der Waals surface area (Å²) >= 11 is 0. The maximum atomic E-state index is 12.6. The SMILES string of the molecule is CCCC1(C(=O)O)CCCN1C(=O)C1CCC(CN)O1. The number of hydrogen-bond donors (Lipinski definition) is 2. The van der Waals surface area contributed by atoms with Gasteiger partial charge in [0.1, 0.15) is 11.6 Å². The Hall–Kier alpha value is -1.14. The van der Waals surface area contributed by atoms with Gasteiger partial charge in [0.15, 0.2) is 0 Å². The van der Waals surface area contributed by atoms with E-state index < -0.39 is 17.6 Å². The molecule has 0 aromatic heterocycles. The molecule has 2 aliphatic rings. The first-order valence-electron chi connectivity index (χ1n) is 7.45. The summed E-state index contributed by atoms with van der Waals surface area (Å²) in [7, 11) is 0. The van der Waals surface area contributed by atoms with Crippen LogP contribution in [0.2, 0.25) is 0 Å². The first-order valence-corrected chi connectivity index (χ1v) is 7.45. The van der Waals surface area contributed by atoms with Crippen molar-refractivity contribution in [3.8, 4) is 0 Å². The standard InChI is InChI=1S/C14H24N2O4/c1-2-6-14(13(18)19)7-3-8-16(14)12(17)11-5-4-10(9-15)20-11/h10-11H,2-9,15H2,1H3,(H,18,19). The Kier molecular flexibility index (Phi) is 4.65. The summed E-state index contributed by atoms with van der Waals surface area (Å²) in [5.41, 5.74) is 4.52. The number of carboxylic acid groups (broad SMARTS) is 1. The van der Waals surface area contributed by atoms with Crippen LogP contribution < -0.4 is 5.73 Å². The van der Waals surface area contributed by atoms with Gasteiger partial charge in [-0.2, -0.15) is 0 Å². The zero-order valence-electron chi connectivity index (χ0n) is 12.0. The average molecular weight is 284 g/mol. The molecule has 2 heterocycles. The molecule has 0 aromatic rings. The highest BCUT2D eigenvalue weighted by Crippen LogP contribution is 2.36. The second-order valence-corrected chi connectivity index (χ2v) is 5.74. The third kappa shape index (κ3) is 2.54. The molecule has 0 aliphatic carbocycles. The van der Waals surface area contributed by atoms with E-state index in [1.807, 2.05) is 6.92 Å². The van der Waals surface area contributed by atoms with E-state index in [2.05, 4.69) is 0 Å². The lowest BCUT2D eigenvalue weighted by molar-refractivity contribution is -0.161. The normalized spacial score (nSPS) is 33.6. The Labute approximate surface area is 119 Å². The molecule has 0 radical (unpaired) electrons. The highest BCUT2D eigenvalue weighted by molar-refractivity contribution is 5.90. The third-order valence-corrected chi connectivity index (χ3v) is 4.46. The summed E-state index contributed by atoms with van der Waals surface area (Å²) in [6, 6.07) is 0. The zero-order chi connectivity index (χ0) is 14.8. The van der Waals surface area contributed by atoms with Crippen LogP contribution in [0.15, 0.2) is 0 Å². The number of carbonyl (C=O) groups excluding carboxylic acids is 1. The molecule has 1 amide bonds. The highest BCUT2D eigenvalue weighted by atomic mass is 16.5.